The van der Waals surface area contributed by atoms with Crippen molar-refractivity contribution in [2.24, 2.45) is 5.73 Å². The minimum atomic E-state index is -1.07. The summed E-state index contributed by atoms with van der Waals surface area (Å²) in [6, 6.07) is 0. The zero-order chi connectivity index (χ0) is 12.6. The van der Waals surface area contributed by atoms with Crippen molar-refractivity contribution in [1.29, 1.82) is 0 Å². The van der Waals surface area contributed by atoms with E-state index in [-0.39, 0.29) is 12.4 Å². The predicted molar refractivity (Wildman–Crippen MR) is 61.0 cm³/mol. The molecule has 94 valence electrons. The van der Waals surface area contributed by atoms with Crippen molar-refractivity contribution < 1.29 is 9.84 Å². The van der Waals surface area contributed by atoms with Gasteiger partial charge in [0.05, 0.1) is 6.61 Å². The molecule has 7 heteroatoms. The Bertz CT molecular complexity index is 487. The Morgan fingerprint density at radius 1 is 1.76 bits per heavy atom. The van der Waals surface area contributed by atoms with Crippen molar-refractivity contribution in [2.45, 2.75) is 31.7 Å². The quantitative estimate of drug-likeness (QED) is 0.616. The third kappa shape index (κ3) is 2.17. The van der Waals surface area contributed by atoms with Crippen LogP contribution in [0.2, 0.25) is 0 Å². The van der Waals surface area contributed by atoms with E-state index in [0.717, 1.165) is 0 Å². The van der Waals surface area contributed by atoms with Gasteiger partial charge in [-0.25, -0.2) is 4.79 Å². The van der Waals surface area contributed by atoms with Crippen LogP contribution in [0.5, 0.6) is 0 Å². The van der Waals surface area contributed by atoms with Crippen LogP contribution in [-0.2, 0) is 4.74 Å². The van der Waals surface area contributed by atoms with E-state index < -0.39 is 17.6 Å². The Morgan fingerprint density at radius 2 is 2.47 bits per heavy atom. The number of nitrogen functional groups attached to an aromatic ring is 1. The van der Waals surface area contributed by atoms with Crippen LogP contribution >= 0.6 is 0 Å². The summed E-state index contributed by atoms with van der Waals surface area (Å²) in [7, 11) is 0. The van der Waals surface area contributed by atoms with Crippen LogP contribution in [0.15, 0.2) is 11.0 Å². The van der Waals surface area contributed by atoms with Crippen molar-refractivity contribution in [2.75, 3.05) is 12.3 Å². The summed E-state index contributed by atoms with van der Waals surface area (Å²) < 4.78 is 6.83. The number of aliphatic hydroxyl groups is 1. The lowest BCUT2D eigenvalue weighted by Gasteiger charge is -2.22. The zero-order valence-corrected chi connectivity index (χ0v) is 9.59. The minimum Gasteiger partial charge on any atom is -0.392 e. The minimum absolute atomic E-state index is 0.213. The summed E-state index contributed by atoms with van der Waals surface area (Å²) in [6.07, 6.45) is 2.15. The van der Waals surface area contributed by atoms with E-state index in [4.69, 9.17) is 21.3 Å². The maximum atomic E-state index is 11.7. The average Bonchev–Trinajstić information content (AvgIpc) is 2.67. The highest BCUT2D eigenvalue weighted by molar-refractivity contribution is 5.35. The van der Waals surface area contributed by atoms with Crippen molar-refractivity contribution in [3.8, 4) is 0 Å². The lowest BCUT2D eigenvalue weighted by Crippen LogP contribution is -2.43. The number of ether oxygens (including phenoxy) is 1. The molecule has 1 aliphatic rings. The van der Waals surface area contributed by atoms with Crippen molar-refractivity contribution in [3.63, 3.8) is 0 Å². The lowest BCUT2D eigenvalue weighted by atomic mass is 10.1. The van der Waals surface area contributed by atoms with Gasteiger partial charge in [0.25, 0.3) is 0 Å². The van der Waals surface area contributed by atoms with Gasteiger partial charge in [-0.05, 0) is 19.8 Å². The van der Waals surface area contributed by atoms with E-state index >= 15 is 0 Å². The maximum absolute atomic E-state index is 11.7. The van der Waals surface area contributed by atoms with Crippen molar-refractivity contribution >= 4 is 5.82 Å². The summed E-state index contributed by atoms with van der Waals surface area (Å²) in [4.78, 5) is 15.4. The number of aliphatic hydroxyl groups excluding tert-OH is 1. The van der Waals surface area contributed by atoms with Crippen LogP contribution in [-0.4, -0.2) is 27.0 Å². The van der Waals surface area contributed by atoms with Crippen LogP contribution in [0.1, 0.15) is 24.6 Å². The Labute approximate surface area is 98.0 Å². The second-order valence-electron chi connectivity index (χ2n) is 4.33. The van der Waals surface area contributed by atoms with Crippen molar-refractivity contribution in [3.05, 3.63) is 22.2 Å². The Hall–Kier alpha value is -1.44. The molecule has 5 N–H and O–H groups in total. The molecule has 0 amide bonds. The Kier molecular flexibility index (Phi) is 2.90. The van der Waals surface area contributed by atoms with Gasteiger partial charge in [-0.3, -0.25) is 4.57 Å². The second kappa shape index (κ2) is 4.10. The molecule has 0 spiro atoms. The predicted octanol–water partition coefficient (Wildman–Crippen LogP) is -0.910. The fraction of sp³-hybridized carbons (Fsp3) is 0.600. The smallest absolute Gasteiger partial charge is 0.351 e. The summed E-state index contributed by atoms with van der Waals surface area (Å²) in [5.41, 5.74) is 10.5. The van der Waals surface area contributed by atoms with Gasteiger partial charge in [0.15, 0.2) is 0 Å². The molecule has 2 heterocycles. The molecule has 2 rings (SSSR count). The fourth-order valence-corrected chi connectivity index (χ4v) is 1.85. The van der Waals surface area contributed by atoms with E-state index in [0.29, 0.717) is 18.4 Å². The maximum Gasteiger partial charge on any atom is 0.351 e. The third-order valence-corrected chi connectivity index (χ3v) is 2.94. The molecule has 0 aromatic carbocycles. The van der Waals surface area contributed by atoms with Gasteiger partial charge in [-0.2, -0.15) is 4.98 Å². The molecular weight excluding hydrogens is 224 g/mol. The Morgan fingerprint density at radius 3 is 3.06 bits per heavy atom. The van der Waals surface area contributed by atoms with Crippen LogP contribution < -0.4 is 17.2 Å². The van der Waals surface area contributed by atoms with Gasteiger partial charge in [-0.15, -0.1) is 0 Å². The number of aryl methyl sites for hydroxylation is 1. The summed E-state index contributed by atoms with van der Waals surface area (Å²) in [5, 5.41) is 9.08. The number of hydrogen-bond donors (Lipinski definition) is 3. The first-order valence-electron chi connectivity index (χ1n) is 5.38. The molecule has 2 atom stereocenters. The molecule has 1 aliphatic heterocycles. The number of aromatic nitrogens is 2. The first kappa shape index (κ1) is 12.0. The molecule has 1 aromatic heterocycles. The number of nitrogens with two attached hydrogens (primary N) is 2. The zero-order valence-electron chi connectivity index (χ0n) is 9.59. The lowest BCUT2D eigenvalue weighted by molar-refractivity contribution is -0.0956. The average molecular weight is 240 g/mol. The van der Waals surface area contributed by atoms with Crippen molar-refractivity contribution in [1.82, 2.24) is 9.55 Å². The monoisotopic (exact) mass is 240 g/mol. The van der Waals surface area contributed by atoms with E-state index in [2.05, 4.69) is 4.98 Å². The van der Waals surface area contributed by atoms with Crippen LogP contribution in [0.3, 0.4) is 0 Å². The molecular formula is C10H16N4O3. The number of anilines is 1. The SMILES string of the molecule is Cc1cn(C2CC[C@@](N)(CO)O2)c(=O)nc1N. The van der Waals surface area contributed by atoms with E-state index in [1.54, 1.807) is 13.1 Å². The Balaban J connectivity index is 2.31. The summed E-state index contributed by atoms with van der Waals surface area (Å²) in [6.45, 7) is 1.48. The summed E-state index contributed by atoms with van der Waals surface area (Å²) >= 11 is 0. The van der Waals surface area contributed by atoms with Gasteiger partial charge < -0.3 is 21.3 Å². The van der Waals surface area contributed by atoms with E-state index in [1.165, 1.54) is 4.57 Å². The highest BCUT2D eigenvalue weighted by atomic mass is 16.6. The first-order valence-corrected chi connectivity index (χ1v) is 5.38. The molecule has 7 nitrogen and oxygen atoms in total. The molecule has 17 heavy (non-hydrogen) atoms. The fourth-order valence-electron chi connectivity index (χ4n) is 1.85. The second-order valence-corrected chi connectivity index (χ2v) is 4.33. The number of rotatable bonds is 2. The molecule has 0 bridgehead atoms. The van der Waals surface area contributed by atoms with Gasteiger partial charge in [-0.1, -0.05) is 0 Å². The van der Waals surface area contributed by atoms with Crippen LogP contribution in [0, 0.1) is 6.92 Å². The van der Waals surface area contributed by atoms with Gasteiger partial charge in [0.1, 0.15) is 17.8 Å². The molecule has 1 fully saturated rings. The van der Waals surface area contributed by atoms with Gasteiger partial charge >= 0.3 is 5.69 Å². The number of nitrogens with zero attached hydrogens (tertiary/aromatic N) is 2. The molecule has 0 radical (unpaired) electrons. The standard InChI is InChI=1S/C10H16N4O3/c1-6-4-14(9(16)13-8(6)11)7-2-3-10(12,5-15)17-7/h4,7,15H,2-3,5,12H2,1H3,(H2,11,13,16)/t7?,10-/m0/s1. The van der Waals surface area contributed by atoms with Gasteiger partial charge in [0, 0.05) is 11.8 Å². The molecule has 1 unspecified atom stereocenters. The first-order chi connectivity index (χ1) is 7.95. The van der Waals surface area contributed by atoms with Gasteiger partial charge in [0.2, 0.25) is 0 Å². The molecule has 0 aliphatic carbocycles. The van der Waals surface area contributed by atoms with E-state index in [9.17, 15) is 4.79 Å². The van der Waals surface area contributed by atoms with E-state index in [1.807, 2.05) is 0 Å². The highest BCUT2D eigenvalue weighted by Crippen LogP contribution is 2.31. The largest absolute Gasteiger partial charge is 0.392 e. The molecule has 1 aromatic rings. The molecule has 0 saturated carbocycles. The van der Waals surface area contributed by atoms with Crippen LogP contribution in [0.4, 0.5) is 5.82 Å². The summed E-state index contributed by atoms with van der Waals surface area (Å²) in [5.74, 6) is 0.213. The third-order valence-electron chi connectivity index (χ3n) is 2.94. The topological polar surface area (TPSA) is 116 Å². The number of hydrogen-bond acceptors (Lipinski definition) is 6. The normalized spacial score (nSPS) is 28.5. The highest BCUT2D eigenvalue weighted by Gasteiger charge is 2.37. The van der Waals surface area contributed by atoms with Crippen LogP contribution in [0.25, 0.3) is 0 Å². The molecule has 1 saturated heterocycles.